The number of carbonyl (C=O) groups is 2. The fourth-order valence-electron chi connectivity index (χ4n) is 1.72. The number of urea groups is 1. The molecule has 0 aromatic heterocycles. The predicted molar refractivity (Wildman–Crippen MR) is 74.6 cm³/mol. The smallest absolute Gasteiger partial charge is 0.334 e. The first kappa shape index (κ1) is 13.8. The predicted octanol–water partition coefficient (Wildman–Crippen LogP) is 1.41. The topological polar surface area (TPSA) is 98.7 Å². The highest BCUT2D eigenvalue weighted by Gasteiger charge is 2.13. The second-order valence-electron chi connectivity index (χ2n) is 4.25. The van der Waals surface area contributed by atoms with Gasteiger partial charge < -0.3 is 20.8 Å². The second kappa shape index (κ2) is 6.03. The fraction of sp³-hybridized carbons (Fsp3) is 0.143. The Bertz CT molecular complexity index is 642. The molecule has 0 saturated carbocycles. The van der Waals surface area contributed by atoms with Crippen molar-refractivity contribution >= 4 is 28.5 Å². The molecule has 0 aliphatic heterocycles. The number of rotatable bonds is 4. The van der Waals surface area contributed by atoms with Crippen LogP contribution in [0.5, 0.6) is 0 Å². The van der Waals surface area contributed by atoms with Gasteiger partial charge in [0.15, 0.2) is 6.10 Å². The van der Waals surface area contributed by atoms with Gasteiger partial charge in [0.2, 0.25) is 0 Å². The maximum absolute atomic E-state index is 11.5. The summed E-state index contributed by atoms with van der Waals surface area (Å²) >= 11 is 0. The molecule has 2 rings (SSSR count). The molecule has 2 aromatic rings. The molecule has 4 N–H and O–H groups in total. The molecule has 0 saturated heterocycles. The standard InChI is InChI=1S/C14H14N2O4/c17-12(13(18)19)8-15-14(20)16-11-6-5-9-3-1-2-4-10(9)7-11/h1-7,12,17H,8H2,(H,18,19)(H2,15,16,20)/t12-/m0/s1. The number of anilines is 1. The van der Waals surface area contributed by atoms with Crippen LogP contribution in [0.15, 0.2) is 42.5 Å². The molecule has 6 heteroatoms. The van der Waals surface area contributed by atoms with Gasteiger partial charge in [0, 0.05) is 5.69 Å². The Balaban J connectivity index is 1.97. The van der Waals surface area contributed by atoms with Crippen LogP contribution in [0.3, 0.4) is 0 Å². The van der Waals surface area contributed by atoms with Crippen LogP contribution in [0.25, 0.3) is 10.8 Å². The molecule has 0 spiro atoms. The minimum atomic E-state index is -1.61. The largest absolute Gasteiger partial charge is 0.479 e. The number of aliphatic carboxylic acids is 1. The molecule has 104 valence electrons. The number of hydrogen-bond donors (Lipinski definition) is 4. The Morgan fingerprint density at radius 2 is 1.80 bits per heavy atom. The molecule has 2 aromatic carbocycles. The van der Waals surface area contributed by atoms with Gasteiger partial charge in [-0.2, -0.15) is 0 Å². The lowest BCUT2D eigenvalue weighted by atomic mass is 10.1. The molecular weight excluding hydrogens is 260 g/mol. The van der Waals surface area contributed by atoms with Crippen molar-refractivity contribution in [3.8, 4) is 0 Å². The molecule has 0 aliphatic rings. The maximum Gasteiger partial charge on any atom is 0.334 e. The van der Waals surface area contributed by atoms with Crippen molar-refractivity contribution in [3.05, 3.63) is 42.5 Å². The number of carboxylic acids is 1. The normalized spacial score (nSPS) is 11.8. The Labute approximate surface area is 115 Å². The van der Waals surface area contributed by atoms with Crippen LogP contribution in [0.1, 0.15) is 0 Å². The van der Waals surface area contributed by atoms with Crippen LogP contribution in [0.2, 0.25) is 0 Å². The number of fused-ring (bicyclic) bond motifs is 1. The molecule has 0 radical (unpaired) electrons. The van der Waals surface area contributed by atoms with Gasteiger partial charge in [-0.3, -0.25) is 0 Å². The van der Waals surface area contributed by atoms with E-state index < -0.39 is 18.1 Å². The average molecular weight is 274 g/mol. The van der Waals surface area contributed by atoms with E-state index in [2.05, 4.69) is 10.6 Å². The zero-order valence-electron chi connectivity index (χ0n) is 10.5. The van der Waals surface area contributed by atoms with Gasteiger partial charge in [-0.1, -0.05) is 30.3 Å². The van der Waals surface area contributed by atoms with Crippen molar-refractivity contribution in [2.75, 3.05) is 11.9 Å². The molecule has 0 heterocycles. The first-order chi connectivity index (χ1) is 9.56. The van der Waals surface area contributed by atoms with E-state index in [-0.39, 0.29) is 6.54 Å². The lowest BCUT2D eigenvalue weighted by Crippen LogP contribution is -2.38. The van der Waals surface area contributed by atoms with E-state index in [1.54, 1.807) is 6.07 Å². The lowest BCUT2D eigenvalue weighted by Gasteiger charge is -2.10. The maximum atomic E-state index is 11.5. The molecular formula is C14H14N2O4. The minimum absolute atomic E-state index is 0.352. The van der Waals surface area contributed by atoms with Gasteiger partial charge in [-0.05, 0) is 22.9 Å². The van der Waals surface area contributed by atoms with Crippen molar-refractivity contribution < 1.29 is 19.8 Å². The van der Waals surface area contributed by atoms with Crippen molar-refractivity contribution in [3.63, 3.8) is 0 Å². The summed E-state index contributed by atoms with van der Waals surface area (Å²) in [5.41, 5.74) is 0.589. The van der Waals surface area contributed by atoms with Crippen LogP contribution in [-0.4, -0.2) is 34.9 Å². The molecule has 0 fully saturated rings. The van der Waals surface area contributed by atoms with Gasteiger partial charge in [-0.15, -0.1) is 0 Å². The Morgan fingerprint density at radius 1 is 1.10 bits per heavy atom. The van der Waals surface area contributed by atoms with E-state index in [0.717, 1.165) is 10.8 Å². The highest BCUT2D eigenvalue weighted by molar-refractivity contribution is 5.93. The van der Waals surface area contributed by atoms with Crippen molar-refractivity contribution in [2.24, 2.45) is 0 Å². The molecule has 6 nitrogen and oxygen atoms in total. The van der Waals surface area contributed by atoms with E-state index in [1.165, 1.54) is 0 Å². The Hall–Kier alpha value is -2.60. The van der Waals surface area contributed by atoms with Crippen LogP contribution >= 0.6 is 0 Å². The summed E-state index contributed by atoms with van der Waals surface area (Å²) in [7, 11) is 0. The van der Waals surface area contributed by atoms with Crippen LogP contribution in [0.4, 0.5) is 10.5 Å². The van der Waals surface area contributed by atoms with E-state index in [1.807, 2.05) is 36.4 Å². The molecule has 0 unspecified atom stereocenters. The number of benzene rings is 2. The van der Waals surface area contributed by atoms with E-state index in [9.17, 15) is 9.59 Å². The SMILES string of the molecule is O=C(NC[C@H](O)C(=O)O)Nc1ccc2ccccc2c1. The number of amides is 2. The quantitative estimate of drug-likeness (QED) is 0.677. The van der Waals surface area contributed by atoms with Crippen LogP contribution in [0, 0.1) is 0 Å². The number of aliphatic hydroxyl groups is 1. The molecule has 20 heavy (non-hydrogen) atoms. The van der Waals surface area contributed by atoms with Gasteiger partial charge in [-0.25, -0.2) is 9.59 Å². The molecule has 2 amide bonds. The van der Waals surface area contributed by atoms with Gasteiger partial charge in [0.25, 0.3) is 0 Å². The summed E-state index contributed by atoms with van der Waals surface area (Å²) in [5.74, 6) is -1.38. The average Bonchev–Trinajstić information content (AvgIpc) is 2.44. The van der Waals surface area contributed by atoms with Crippen LogP contribution in [-0.2, 0) is 4.79 Å². The second-order valence-corrected chi connectivity index (χ2v) is 4.25. The lowest BCUT2D eigenvalue weighted by molar-refractivity contribution is -0.146. The number of carbonyl (C=O) groups excluding carboxylic acids is 1. The highest BCUT2D eigenvalue weighted by atomic mass is 16.4. The summed E-state index contributed by atoms with van der Waals surface area (Å²) in [6, 6.07) is 12.6. The first-order valence-corrected chi connectivity index (χ1v) is 6.01. The third-order valence-electron chi connectivity index (χ3n) is 2.75. The third-order valence-corrected chi connectivity index (χ3v) is 2.75. The minimum Gasteiger partial charge on any atom is -0.479 e. The van der Waals surface area contributed by atoms with Gasteiger partial charge in [0.1, 0.15) is 0 Å². The zero-order valence-corrected chi connectivity index (χ0v) is 10.5. The highest BCUT2D eigenvalue weighted by Crippen LogP contribution is 2.18. The number of aliphatic hydroxyl groups excluding tert-OH is 1. The van der Waals surface area contributed by atoms with Crippen molar-refractivity contribution in [1.29, 1.82) is 0 Å². The number of nitrogens with one attached hydrogen (secondary N) is 2. The third kappa shape index (κ3) is 3.46. The summed E-state index contributed by atoms with van der Waals surface area (Å²) < 4.78 is 0. The Morgan fingerprint density at radius 3 is 2.50 bits per heavy atom. The van der Waals surface area contributed by atoms with Gasteiger partial charge in [0.05, 0.1) is 6.54 Å². The summed E-state index contributed by atoms with van der Waals surface area (Å²) in [5, 5.41) is 24.4. The van der Waals surface area contributed by atoms with E-state index in [0.29, 0.717) is 5.69 Å². The zero-order chi connectivity index (χ0) is 14.5. The van der Waals surface area contributed by atoms with E-state index in [4.69, 9.17) is 10.2 Å². The van der Waals surface area contributed by atoms with Crippen molar-refractivity contribution in [1.82, 2.24) is 5.32 Å². The number of carboxylic acid groups (broad SMARTS) is 1. The molecule has 0 aliphatic carbocycles. The summed E-state index contributed by atoms with van der Waals surface area (Å²) in [6.45, 7) is -0.352. The Kier molecular flexibility index (Phi) is 4.17. The van der Waals surface area contributed by atoms with Gasteiger partial charge >= 0.3 is 12.0 Å². The first-order valence-electron chi connectivity index (χ1n) is 6.01. The fourth-order valence-corrected chi connectivity index (χ4v) is 1.72. The molecule has 0 bridgehead atoms. The monoisotopic (exact) mass is 274 g/mol. The molecule has 1 atom stereocenters. The van der Waals surface area contributed by atoms with Crippen LogP contribution < -0.4 is 10.6 Å². The van der Waals surface area contributed by atoms with E-state index >= 15 is 0 Å². The summed E-state index contributed by atoms with van der Waals surface area (Å²) in [4.78, 5) is 21.9. The summed E-state index contributed by atoms with van der Waals surface area (Å²) in [6.07, 6.45) is -1.61. The number of hydrogen-bond acceptors (Lipinski definition) is 3. The van der Waals surface area contributed by atoms with Crippen molar-refractivity contribution in [2.45, 2.75) is 6.10 Å².